The van der Waals surface area contributed by atoms with Gasteiger partial charge in [0.1, 0.15) is 48.8 Å². The van der Waals surface area contributed by atoms with Crippen molar-refractivity contribution in [2.24, 2.45) is 0 Å². The van der Waals surface area contributed by atoms with Gasteiger partial charge < -0.3 is 54.7 Å². The van der Waals surface area contributed by atoms with E-state index < -0.39 is 74.6 Å². The number of unbranched alkanes of at least 4 members (excludes halogenated alkanes) is 6. The van der Waals surface area contributed by atoms with Crippen LogP contribution in [0.1, 0.15) is 78.1 Å². The number of ether oxygens (including phenoxy) is 4. The molecule has 0 saturated carbocycles. The molecule has 2 saturated heterocycles. The summed E-state index contributed by atoms with van der Waals surface area (Å²) in [5.41, 5.74) is 0. The van der Waals surface area contributed by atoms with Gasteiger partial charge in [0.25, 0.3) is 0 Å². The van der Waals surface area contributed by atoms with E-state index in [9.17, 15) is 35.7 Å². The molecule has 2 aliphatic heterocycles. The summed E-state index contributed by atoms with van der Waals surface area (Å²) in [5.74, 6) is 0. The molecule has 2 rings (SSSR count). The van der Waals surface area contributed by atoms with Gasteiger partial charge in [-0.15, -0.1) is 0 Å². The van der Waals surface area contributed by atoms with Crippen molar-refractivity contribution >= 4 is 0 Å². The molecule has 2 aliphatic rings. The van der Waals surface area contributed by atoms with E-state index in [0.717, 1.165) is 32.1 Å². The Bertz CT molecular complexity index is 578. The average Bonchev–Trinajstić information content (AvgIpc) is 2.87. The Morgan fingerprint density at radius 3 is 1.81 bits per heavy atom. The summed E-state index contributed by atoms with van der Waals surface area (Å²) in [5, 5.41) is 70.9. The lowest BCUT2D eigenvalue weighted by molar-refractivity contribution is -0.363. The summed E-state index contributed by atoms with van der Waals surface area (Å²) in [7, 11) is 0. The lowest BCUT2D eigenvalue weighted by Crippen LogP contribution is -2.64. The first kappa shape index (κ1) is 31.8. The second kappa shape index (κ2) is 16.5. The van der Waals surface area contributed by atoms with Gasteiger partial charge >= 0.3 is 0 Å². The standard InChI is InChI=1S/C25H48O11/c1-3-5-6-7-8-9-10-12-15(11-4-2)33-24-22(32)20(30)23(17(14-27)35-24)36-25-21(31)19(29)18(28)16(13-26)34-25/h15-32H,3-14H2,1-2H3/t15?,16?,17?,18-,19?,20?,21?,22?,23?,24-,25?/m1/s1. The second-order valence-electron chi connectivity index (χ2n) is 9.96. The monoisotopic (exact) mass is 524 g/mol. The molecule has 0 radical (unpaired) electrons. The van der Waals surface area contributed by atoms with E-state index in [-0.39, 0.29) is 6.10 Å². The van der Waals surface area contributed by atoms with E-state index in [2.05, 4.69) is 6.92 Å². The van der Waals surface area contributed by atoms with Gasteiger partial charge in [-0.3, -0.25) is 0 Å². The third-order valence-electron chi connectivity index (χ3n) is 7.03. The second-order valence-corrected chi connectivity index (χ2v) is 9.96. The zero-order valence-corrected chi connectivity index (χ0v) is 21.6. The third kappa shape index (κ3) is 8.81. The van der Waals surface area contributed by atoms with Gasteiger partial charge in [0.05, 0.1) is 19.3 Å². The highest BCUT2D eigenvalue weighted by Gasteiger charge is 2.51. The SMILES string of the molecule is CCCCCCCCCC(CCC)O[C@@H]1OC(CO)C(OC2OC(CO)[C@@H](O)C(O)C2O)C(O)C1O. The maximum absolute atomic E-state index is 10.8. The Morgan fingerprint density at radius 1 is 0.611 bits per heavy atom. The fourth-order valence-electron chi connectivity index (χ4n) is 4.79. The van der Waals surface area contributed by atoms with Crippen LogP contribution in [0.15, 0.2) is 0 Å². The molecule has 0 amide bonds. The smallest absolute Gasteiger partial charge is 0.187 e. The van der Waals surface area contributed by atoms with Crippen LogP contribution in [0.5, 0.6) is 0 Å². The van der Waals surface area contributed by atoms with Crippen LogP contribution in [0.3, 0.4) is 0 Å². The minimum absolute atomic E-state index is 0.181. The predicted molar refractivity (Wildman–Crippen MR) is 129 cm³/mol. The van der Waals surface area contributed by atoms with Crippen LogP contribution in [0.2, 0.25) is 0 Å². The lowest BCUT2D eigenvalue weighted by Gasteiger charge is -2.46. The van der Waals surface area contributed by atoms with Crippen molar-refractivity contribution < 1.29 is 54.7 Å². The minimum atomic E-state index is -1.70. The van der Waals surface area contributed by atoms with Crippen LogP contribution in [-0.2, 0) is 18.9 Å². The summed E-state index contributed by atoms with van der Waals surface area (Å²) in [4.78, 5) is 0. The fourth-order valence-corrected chi connectivity index (χ4v) is 4.79. The van der Waals surface area contributed by atoms with Gasteiger partial charge in [0, 0.05) is 0 Å². The molecule has 2 heterocycles. The maximum atomic E-state index is 10.8. The van der Waals surface area contributed by atoms with Crippen molar-refractivity contribution in [3.05, 3.63) is 0 Å². The molecule has 11 nitrogen and oxygen atoms in total. The first-order chi connectivity index (χ1) is 17.3. The van der Waals surface area contributed by atoms with Crippen molar-refractivity contribution in [3.8, 4) is 0 Å². The quantitative estimate of drug-likeness (QED) is 0.134. The largest absolute Gasteiger partial charge is 0.394 e. The molecular weight excluding hydrogens is 476 g/mol. The molecule has 0 aliphatic carbocycles. The molecule has 11 heteroatoms. The Labute approximate surface area is 214 Å². The molecule has 0 aromatic carbocycles. The van der Waals surface area contributed by atoms with E-state index in [1.54, 1.807) is 0 Å². The Morgan fingerprint density at radius 2 is 1.19 bits per heavy atom. The van der Waals surface area contributed by atoms with Crippen molar-refractivity contribution in [1.82, 2.24) is 0 Å². The summed E-state index contributed by atoms with van der Waals surface area (Å²) >= 11 is 0. The number of hydrogen-bond donors (Lipinski definition) is 7. The lowest BCUT2D eigenvalue weighted by atomic mass is 9.97. The van der Waals surface area contributed by atoms with E-state index in [4.69, 9.17) is 18.9 Å². The van der Waals surface area contributed by atoms with E-state index in [1.807, 2.05) is 6.92 Å². The van der Waals surface area contributed by atoms with Crippen molar-refractivity contribution in [2.75, 3.05) is 13.2 Å². The fraction of sp³-hybridized carbons (Fsp3) is 1.00. The van der Waals surface area contributed by atoms with E-state index in [1.165, 1.54) is 32.1 Å². The molecule has 7 N–H and O–H groups in total. The summed E-state index contributed by atoms with van der Waals surface area (Å²) in [6.07, 6.45) is -3.97. The Kier molecular flexibility index (Phi) is 14.6. The Hall–Kier alpha value is -0.440. The van der Waals surface area contributed by atoms with Gasteiger partial charge in [-0.2, -0.15) is 0 Å². The first-order valence-electron chi connectivity index (χ1n) is 13.5. The molecule has 0 bridgehead atoms. The van der Waals surface area contributed by atoms with Crippen molar-refractivity contribution in [1.29, 1.82) is 0 Å². The third-order valence-corrected chi connectivity index (χ3v) is 7.03. The molecule has 0 spiro atoms. The average molecular weight is 525 g/mol. The van der Waals surface area contributed by atoms with Gasteiger partial charge in [-0.05, 0) is 12.8 Å². The van der Waals surface area contributed by atoms with E-state index in [0.29, 0.717) is 0 Å². The molecular formula is C25H48O11. The highest BCUT2D eigenvalue weighted by molar-refractivity contribution is 4.94. The molecule has 214 valence electrons. The number of hydrogen-bond acceptors (Lipinski definition) is 11. The number of aliphatic hydroxyl groups excluding tert-OH is 7. The van der Waals surface area contributed by atoms with Crippen LogP contribution < -0.4 is 0 Å². The highest BCUT2D eigenvalue weighted by atomic mass is 16.7. The number of aliphatic hydroxyl groups is 7. The Balaban J connectivity index is 1.94. The van der Waals surface area contributed by atoms with Gasteiger partial charge in [0.2, 0.25) is 0 Å². The molecule has 11 atom stereocenters. The zero-order valence-electron chi connectivity index (χ0n) is 21.6. The molecule has 0 aromatic rings. The van der Waals surface area contributed by atoms with Gasteiger partial charge in [-0.1, -0.05) is 65.2 Å². The van der Waals surface area contributed by atoms with Crippen molar-refractivity contribution in [3.63, 3.8) is 0 Å². The van der Waals surface area contributed by atoms with Crippen LogP contribution in [0, 0.1) is 0 Å². The summed E-state index contributed by atoms with van der Waals surface area (Å²) < 4.78 is 22.7. The molecule has 36 heavy (non-hydrogen) atoms. The summed E-state index contributed by atoms with van der Waals surface area (Å²) in [6, 6.07) is 0. The van der Waals surface area contributed by atoms with Crippen LogP contribution in [-0.4, -0.2) is 116 Å². The van der Waals surface area contributed by atoms with Crippen LogP contribution in [0.4, 0.5) is 0 Å². The normalized spacial score (nSPS) is 38.2. The van der Waals surface area contributed by atoms with Crippen molar-refractivity contribution in [2.45, 2.75) is 146 Å². The zero-order chi connectivity index (χ0) is 26.7. The predicted octanol–water partition coefficient (Wildman–Crippen LogP) is -0.0635. The topological polar surface area (TPSA) is 179 Å². The van der Waals surface area contributed by atoms with E-state index >= 15 is 0 Å². The van der Waals surface area contributed by atoms with Gasteiger partial charge in [0.15, 0.2) is 12.6 Å². The highest BCUT2D eigenvalue weighted by Crippen LogP contribution is 2.30. The molecule has 9 unspecified atom stereocenters. The van der Waals surface area contributed by atoms with Gasteiger partial charge in [-0.25, -0.2) is 0 Å². The van der Waals surface area contributed by atoms with Crippen LogP contribution >= 0.6 is 0 Å². The first-order valence-corrected chi connectivity index (χ1v) is 13.5. The minimum Gasteiger partial charge on any atom is -0.394 e. The molecule has 2 fully saturated rings. The maximum Gasteiger partial charge on any atom is 0.187 e. The number of rotatable bonds is 16. The molecule has 0 aromatic heterocycles. The van der Waals surface area contributed by atoms with Crippen LogP contribution in [0.25, 0.3) is 0 Å². The summed E-state index contributed by atoms with van der Waals surface area (Å²) in [6.45, 7) is 3.00.